The van der Waals surface area contributed by atoms with Crippen molar-refractivity contribution < 1.29 is 23.4 Å². The van der Waals surface area contributed by atoms with Gasteiger partial charge in [0.1, 0.15) is 6.04 Å². The monoisotopic (exact) mass is 259 g/mol. The van der Waals surface area contributed by atoms with Crippen molar-refractivity contribution in [1.82, 2.24) is 5.32 Å². The lowest BCUT2D eigenvalue weighted by molar-refractivity contribution is -0.145. The van der Waals surface area contributed by atoms with Crippen molar-refractivity contribution in [2.45, 2.75) is 25.6 Å². The molecule has 0 unspecified atom stereocenters. The van der Waals surface area contributed by atoms with E-state index in [1.54, 1.807) is 0 Å². The van der Waals surface area contributed by atoms with Crippen LogP contribution >= 0.6 is 0 Å². The summed E-state index contributed by atoms with van der Waals surface area (Å²) in [4.78, 5) is 11.3. The quantitative estimate of drug-likeness (QED) is 0.774. The fourth-order valence-corrected chi connectivity index (χ4v) is 1.48. The third-order valence-electron chi connectivity index (χ3n) is 2.48. The average molecular weight is 259 g/mol. The molecule has 2 N–H and O–H groups in total. The van der Waals surface area contributed by atoms with Crippen LogP contribution < -0.4 is 5.32 Å². The molecule has 0 saturated heterocycles. The Balaban J connectivity index is 2.73. The van der Waals surface area contributed by atoms with E-state index in [1.807, 2.05) is 0 Å². The smallest absolute Gasteiger partial charge is 0.325 e. The fraction of sp³-hybridized carbons (Fsp3) is 0.417. The molecule has 0 aliphatic rings. The predicted molar refractivity (Wildman–Crippen MR) is 60.7 cm³/mol. The van der Waals surface area contributed by atoms with Gasteiger partial charge in [0.25, 0.3) is 0 Å². The first-order valence-electron chi connectivity index (χ1n) is 5.39. The van der Waals surface area contributed by atoms with Crippen molar-refractivity contribution in [3.05, 3.63) is 35.4 Å². The first kappa shape index (κ1) is 14.5. The Labute approximate surface area is 104 Å². The molecule has 4 nitrogen and oxygen atoms in total. The van der Waals surface area contributed by atoms with Crippen molar-refractivity contribution in [1.29, 1.82) is 0 Å². The van der Waals surface area contributed by atoms with E-state index in [0.29, 0.717) is 0 Å². The highest BCUT2D eigenvalue weighted by atomic mass is 19.2. The minimum Gasteiger partial charge on any atom is -0.468 e. The number of methoxy groups -OCH3 is 1. The number of benzene rings is 1. The van der Waals surface area contributed by atoms with Crippen molar-refractivity contribution in [3.63, 3.8) is 0 Å². The van der Waals surface area contributed by atoms with Crippen LogP contribution in [-0.4, -0.2) is 30.3 Å². The highest BCUT2D eigenvalue weighted by Gasteiger charge is 2.24. The molecular formula is C12H15F2NO3. The van der Waals surface area contributed by atoms with Crippen LogP contribution in [0, 0.1) is 11.6 Å². The molecular weight excluding hydrogens is 244 g/mol. The molecule has 1 rings (SSSR count). The molecule has 0 radical (unpaired) electrons. The maximum Gasteiger partial charge on any atom is 0.325 e. The Hall–Kier alpha value is -1.53. The topological polar surface area (TPSA) is 58.6 Å². The number of halogens is 2. The molecule has 6 heteroatoms. The average Bonchev–Trinajstić information content (AvgIpc) is 2.33. The fourth-order valence-electron chi connectivity index (χ4n) is 1.48. The number of hydrogen-bond donors (Lipinski definition) is 2. The lowest BCUT2D eigenvalue weighted by Crippen LogP contribution is -2.45. The number of esters is 1. The lowest BCUT2D eigenvalue weighted by atomic mass is 10.1. The van der Waals surface area contributed by atoms with Crippen LogP contribution in [0.4, 0.5) is 8.78 Å². The molecule has 18 heavy (non-hydrogen) atoms. The van der Waals surface area contributed by atoms with Gasteiger partial charge in [-0.15, -0.1) is 0 Å². The zero-order chi connectivity index (χ0) is 13.7. The second-order valence-electron chi connectivity index (χ2n) is 3.84. The molecule has 0 aliphatic carbocycles. The molecule has 0 fully saturated rings. The number of rotatable bonds is 5. The first-order valence-corrected chi connectivity index (χ1v) is 5.39. The van der Waals surface area contributed by atoms with Gasteiger partial charge in [-0.05, 0) is 13.0 Å². The summed E-state index contributed by atoms with van der Waals surface area (Å²) in [6.45, 7) is 1.31. The van der Waals surface area contributed by atoms with Gasteiger partial charge in [-0.25, -0.2) is 8.78 Å². The Morgan fingerprint density at radius 3 is 2.72 bits per heavy atom. The second kappa shape index (κ2) is 6.42. The number of carbonyl (C=O) groups excluding carboxylic acids is 1. The van der Waals surface area contributed by atoms with Crippen LogP contribution in [0.5, 0.6) is 0 Å². The summed E-state index contributed by atoms with van der Waals surface area (Å²) in [6, 6.07) is 2.77. The van der Waals surface area contributed by atoms with Gasteiger partial charge in [0.05, 0.1) is 13.2 Å². The minimum atomic E-state index is -1.01. The number of aliphatic hydroxyl groups excluding tert-OH is 1. The van der Waals surface area contributed by atoms with Crippen molar-refractivity contribution in [3.8, 4) is 0 Å². The number of carbonyl (C=O) groups is 1. The summed E-state index contributed by atoms with van der Waals surface area (Å²) in [5.74, 6) is -2.60. The highest BCUT2D eigenvalue weighted by molar-refractivity contribution is 5.76. The Bertz CT molecular complexity index is 424. The molecule has 0 amide bonds. The Kier molecular flexibility index (Phi) is 5.18. The zero-order valence-electron chi connectivity index (χ0n) is 10.1. The normalized spacial score (nSPS) is 14.1. The molecule has 0 saturated carbocycles. The summed E-state index contributed by atoms with van der Waals surface area (Å²) in [5.41, 5.74) is 0.0737. The second-order valence-corrected chi connectivity index (χ2v) is 3.84. The van der Waals surface area contributed by atoms with Crippen LogP contribution in [-0.2, 0) is 16.1 Å². The molecule has 0 aliphatic heterocycles. The number of aliphatic hydroxyl groups is 1. The third-order valence-corrected chi connectivity index (χ3v) is 2.48. The molecule has 0 aromatic heterocycles. The SMILES string of the molecule is COC(=O)[C@@H](NCc1cccc(F)c1F)[C@H](C)O. The van der Waals surface area contributed by atoms with Crippen molar-refractivity contribution >= 4 is 5.97 Å². The molecule has 2 atom stereocenters. The molecule has 1 aromatic carbocycles. The summed E-state index contributed by atoms with van der Waals surface area (Å²) in [6.07, 6.45) is -1.01. The maximum atomic E-state index is 13.3. The minimum absolute atomic E-state index is 0.0737. The summed E-state index contributed by atoms with van der Waals surface area (Å²) < 4.78 is 30.8. The van der Waals surface area contributed by atoms with Crippen molar-refractivity contribution in [2.24, 2.45) is 0 Å². The van der Waals surface area contributed by atoms with Gasteiger partial charge in [0.15, 0.2) is 11.6 Å². The van der Waals surface area contributed by atoms with E-state index in [2.05, 4.69) is 10.1 Å². The highest BCUT2D eigenvalue weighted by Crippen LogP contribution is 2.11. The largest absolute Gasteiger partial charge is 0.468 e. The van der Waals surface area contributed by atoms with Crippen LogP contribution in [0.15, 0.2) is 18.2 Å². The number of ether oxygens (including phenoxy) is 1. The van der Waals surface area contributed by atoms with Gasteiger partial charge < -0.3 is 9.84 Å². The number of hydrogen-bond acceptors (Lipinski definition) is 4. The van der Waals surface area contributed by atoms with E-state index < -0.39 is 29.7 Å². The molecule has 0 bridgehead atoms. The molecule has 100 valence electrons. The Morgan fingerprint density at radius 2 is 2.17 bits per heavy atom. The maximum absolute atomic E-state index is 13.3. The van der Waals surface area contributed by atoms with Gasteiger partial charge in [-0.3, -0.25) is 10.1 Å². The van der Waals surface area contributed by atoms with E-state index in [0.717, 1.165) is 6.07 Å². The third kappa shape index (κ3) is 3.48. The summed E-state index contributed by atoms with van der Waals surface area (Å²) in [7, 11) is 1.18. The van der Waals surface area contributed by atoms with Gasteiger partial charge in [-0.2, -0.15) is 0 Å². The summed E-state index contributed by atoms with van der Waals surface area (Å²) >= 11 is 0. The van der Waals surface area contributed by atoms with Gasteiger partial charge in [-0.1, -0.05) is 12.1 Å². The molecule has 0 spiro atoms. The first-order chi connectivity index (χ1) is 8.47. The molecule has 0 heterocycles. The van der Waals surface area contributed by atoms with Crippen LogP contribution in [0.2, 0.25) is 0 Å². The van der Waals surface area contributed by atoms with E-state index in [-0.39, 0.29) is 12.1 Å². The van der Waals surface area contributed by atoms with E-state index in [9.17, 15) is 18.7 Å². The standard InChI is InChI=1S/C12H15F2NO3/c1-7(16)11(12(17)18-2)15-6-8-4-3-5-9(13)10(8)14/h3-5,7,11,15-16H,6H2,1-2H3/t7-,11-/m0/s1. The lowest BCUT2D eigenvalue weighted by Gasteiger charge is -2.19. The summed E-state index contributed by atoms with van der Waals surface area (Å²) in [5, 5.41) is 12.0. The van der Waals surface area contributed by atoms with Crippen molar-refractivity contribution in [2.75, 3.05) is 7.11 Å². The zero-order valence-corrected chi connectivity index (χ0v) is 10.1. The van der Waals surface area contributed by atoms with Gasteiger partial charge >= 0.3 is 5.97 Å². The van der Waals surface area contributed by atoms with Crippen LogP contribution in [0.1, 0.15) is 12.5 Å². The van der Waals surface area contributed by atoms with E-state index >= 15 is 0 Å². The van der Waals surface area contributed by atoms with Gasteiger partial charge in [0, 0.05) is 12.1 Å². The molecule has 1 aromatic rings. The van der Waals surface area contributed by atoms with Crippen LogP contribution in [0.3, 0.4) is 0 Å². The Morgan fingerprint density at radius 1 is 1.50 bits per heavy atom. The number of nitrogens with one attached hydrogen (secondary N) is 1. The van der Waals surface area contributed by atoms with E-state index in [4.69, 9.17) is 0 Å². The van der Waals surface area contributed by atoms with Crippen LogP contribution in [0.25, 0.3) is 0 Å². The predicted octanol–water partition coefficient (Wildman–Crippen LogP) is 0.977. The van der Waals surface area contributed by atoms with E-state index in [1.165, 1.54) is 26.2 Å². The van der Waals surface area contributed by atoms with Gasteiger partial charge in [0.2, 0.25) is 0 Å².